The van der Waals surface area contributed by atoms with E-state index in [1.807, 2.05) is 66.7 Å². The molecule has 49 heavy (non-hydrogen) atoms. The molecule has 5 aromatic rings. The topological polar surface area (TPSA) is 87.2 Å². The number of aliphatic imine (C=N–C) groups is 2. The van der Waals surface area contributed by atoms with Crippen LogP contribution in [0.4, 0.5) is 0 Å². The number of nitrogens with zero attached hydrogens (tertiary/aromatic N) is 4. The summed E-state index contributed by atoms with van der Waals surface area (Å²) in [5, 5.41) is 1.88. The van der Waals surface area contributed by atoms with Gasteiger partial charge < -0.3 is 9.47 Å². The van der Waals surface area contributed by atoms with Crippen molar-refractivity contribution in [3.8, 4) is 0 Å². The summed E-state index contributed by atoms with van der Waals surface area (Å²) in [6, 6.07) is 33.7. The maximum absolute atomic E-state index is 14.8. The van der Waals surface area contributed by atoms with Crippen molar-refractivity contribution in [2.24, 2.45) is 21.8 Å². The van der Waals surface area contributed by atoms with E-state index in [0.717, 1.165) is 27.6 Å². The summed E-state index contributed by atoms with van der Waals surface area (Å²) in [5.74, 6) is 0.798. The van der Waals surface area contributed by atoms with Crippen molar-refractivity contribution >= 4 is 35.8 Å². The van der Waals surface area contributed by atoms with Gasteiger partial charge in [-0.1, -0.05) is 107 Å². The van der Waals surface area contributed by atoms with E-state index in [-0.39, 0.29) is 23.2 Å². The van der Waals surface area contributed by atoms with E-state index in [1.54, 1.807) is 21.5 Å². The molecule has 0 unspecified atom stereocenters. The van der Waals surface area contributed by atoms with Crippen LogP contribution in [0.3, 0.4) is 0 Å². The standard InChI is InChI=1S/C40H39N4O4P/c1-24(2)33-22-47-35(41-33)27-16-8-12-20-31(27)39-43-37(45)29-18-10-11-19-30(29)38(46)44(43)40(49(39)26-14-6-5-7-15-26)32-21-13-9-17-28(32)36-42-34(23-48-36)25(3)4/h5-21,24-25,33-34,39-40H,22-23H2,1-4H3/t33-,34-,39-,40-/m1/s1. The molecule has 4 atom stereocenters. The molecule has 3 aliphatic heterocycles. The van der Waals surface area contributed by atoms with Crippen LogP contribution in [-0.4, -0.2) is 46.5 Å². The Morgan fingerprint density at radius 1 is 0.592 bits per heavy atom. The third kappa shape index (κ3) is 5.25. The lowest BCUT2D eigenvalue weighted by atomic mass is 10.1. The van der Waals surface area contributed by atoms with Crippen LogP contribution in [0, 0.1) is 11.8 Å². The van der Waals surface area contributed by atoms with E-state index in [9.17, 15) is 9.59 Å². The Morgan fingerprint density at radius 2 is 1.00 bits per heavy atom. The van der Waals surface area contributed by atoms with Gasteiger partial charge in [0.25, 0.3) is 11.1 Å². The van der Waals surface area contributed by atoms with Crippen LogP contribution in [0.25, 0.3) is 10.8 Å². The molecule has 0 saturated carbocycles. The molecular weight excluding hydrogens is 631 g/mol. The summed E-state index contributed by atoms with van der Waals surface area (Å²) >= 11 is 0. The van der Waals surface area contributed by atoms with Crippen LogP contribution < -0.4 is 16.4 Å². The van der Waals surface area contributed by atoms with E-state index in [4.69, 9.17) is 19.5 Å². The largest absolute Gasteiger partial charge is 0.475 e. The Morgan fingerprint density at radius 3 is 1.43 bits per heavy atom. The van der Waals surface area contributed by atoms with Crippen molar-refractivity contribution in [3.63, 3.8) is 0 Å². The first-order valence-corrected chi connectivity index (χ1v) is 18.5. The van der Waals surface area contributed by atoms with Gasteiger partial charge in [-0.15, -0.1) is 0 Å². The Labute approximate surface area is 286 Å². The first kappa shape index (κ1) is 31.5. The fourth-order valence-electron chi connectivity index (χ4n) is 7.16. The number of ether oxygens (including phenoxy) is 2. The normalized spacial score (nSPS) is 21.9. The lowest BCUT2D eigenvalue weighted by molar-refractivity contribution is 0.291. The lowest BCUT2D eigenvalue weighted by Gasteiger charge is -2.27. The monoisotopic (exact) mass is 670 g/mol. The molecule has 0 bridgehead atoms. The summed E-state index contributed by atoms with van der Waals surface area (Å²) in [5.41, 5.74) is 3.08. The molecule has 4 heterocycles. The highest BCUT2D eigenvalue weighted by Gasteiger charge is 2.47. The third-order valence-electron chi connectivity index (χ3n) is 9.91. The molecule has 0 saturated heterocycles. The summed E-state index contributed by atoms with van der Waals surface area (Å²) in [6.45, 7) is 9.61. The smallest absolute Gasteiger partial charge is 0.274 e. The predicted octanol–water partition coefficient (Wildman–Crippen LogP) is 6.68. The molecule has 0 aliphatic carbocycles. The van der Waals surface area contributed by atoms with Crippen LogP contribution in [0.1, 0.15) is 61.5 Å². The average molecular weight is 671 g/mol. The highest BCUT2D eigenvalue weighted by atomic mass is 31.1. The number of hydrogen-bond donors (Lipinski definition) is 0. The molecule has 0 spiro atoms. The minimum absolute atomic E-state index is 0.0466. The van der Waals surface area contributed by atoms with Gasteiger partial charge in [0.05, 0.1) is 22.9 Å². The predicted molar refractivity (Wildman–Crippen MR) is 197 cm³/mol. The summed E-state index contributed by atoms with van der Waals surface area (Å²) in [7, 11) is -1.34. The van der Waals surface area contributed by atoms with Crippen molar-refractivity contribution in [2.45, 2.75) is 51.3 Å². The number of aromatic nitrogens is 2. The fraction of sp³-hybridized carbons (Fsp3) is 0.300. The minimum atomic E-state index is -1.34. The van der Waals surface area contributed by atoms with Gasteiger partial charge >= 0.3 is 0 Å². The molecule has 8 rings (SSSR count). The van der Waals surface area contributed by atoms with Crippen molar-refractivity contribution in [1.82, 2.24) is 9.36 Å². The average Bonchev–Trinajstić information content (AvgIpc) is 3.90. The highest BCUT2D eigenvalue weighted by Crippen LogP contribution is 2.65. The van der Waals surface area contributed by atoms with Gasteiger partial charge in [-0.05, 0) is 60.5 Å². The summed E-state index contributed by atoms with van der Waals surface area (Å²) in [6.07, 6.45) is 0. The van der Waals surface area contributed by atoms with Gasteiger partial charge in [-0.25, -0.2) is 19.3 Å². The van der Waals surface area contributed by atoms with E-state index < -0.39 is 19.5 Å². The first-order chi connectivity index (χ1) is 23.8. The Bertz CT molecular complexity index is 2100. The second-order valence-corrected chi connectivity index (χ2v) is 15.9. The van der Waals surface area contributed by atoms with Crippen LogP contribution >= 0.6 is 7.92 Å². The molecule has 4 aromatic carbocycles. The second-order valence-electron chi connectivity index (χ2n) is 13.6. The maximum atomic E-state index is 14.8. The molecule has 0 N–H and O–H groups in total. The third-order valence-corrected chi connectivity index (χ3v) is 12.8. The van der Waals surface area contributed by atoms with Gasteiger partial charge in [0.2, 0.25) is 11.8 Å². The maximum Gasteiger partial charge on any atom is 0.274 e. The Hall–Kier alpha value is -4.81. The van der Waals surface area contributed by atoms with Crippen molar-refractivity contribution in [3.05, 3.63) is 146 Å². The Kier molecular flexibility index (Phi) is 8.07. The molecule has 8 nitrogen and oxygen atoms in total. The molecular formula is C40H39N4O4P. The fourth-order valence-corrected chi connectivity index (χ4v) is 10.5. The molecule has 0 fully saturated rings. The Balaban J connectivity index is 1.45. The molecule has 3 aliphatic rings. The van der Waals surface area contributed by atoms with Crippen LogP contribution in [0.2, 0.25) is 0 Å². The second kappa shape index (κ2) is 12.6. The van der Waals surface area contributed by atoms with Crippen LogP contribution in [-0.2, 0) is 9.47 Å². The number of rotatable bonds is 7. The van der Waals surface area contributed by atoms with E-state index in [2.05, 4.69) is 52.0 Å². The van der Waals surface area contributed by atoms with Crippen molar-refractivity contribution in [2.75, 3.05) is 13.2 Å². The van der Waals surface area contributed by atoms with Crippen LogP contribution in [0.15, 0.2) is 123 Å². The molecule has 9 heteroatoms. The van der Waals surface area contributed by atoms with Gasteiger partial charge in [0.1, 0.15) is 24.8 Å². The van der Waals surface area contributed by atoms with Gasteiger partial charge in [-0.2, -0.15) is 0 Å². The SMILES string of the molecule is CC(C)[C@H]1COC(c2ccccc2[C@@H]2n3c(=O)c4ccccc4c(=O)n3[C@@H](c3ccccc3C3=N[C@@H](C(C)C)CO3)P2c2ccccc2)=N1. The van der Waals surface area contributed by atoms with Crippen molar-refractivity contribution < 1.29 is 9.47 Å². The van der Waals surface area contributed by atoms with E-state index >= 15 is 0 Å². The zero-order chi connectivity index (χ0) is 33.8. The first-order valence-electron chi connectivity index (χ1n) is 17.0. The molecule has 248 valence electrons. The molecule has 0 radical (unpaired) electrons. The lowest BCUT2D eigenvalue weighted by Crippen LogP contribution is -2.38. The van der Waals surface area contributed by atoms with Gasteiger partial charge in [0, 0.05) is 11.1 Å². The summed E-state index contributed by atoms with van der Waals surface area (Å²) in [4.78, 5) is 39.7. The number of fused-ring (bicyclic) bond motifs is 2. The molecule has 0 amide bonds. The van der Waals surface area contributed by atoms with Crippen LogP contribution in [0.5, 0.6) is 0 Å². The van der Waals surface area contributed by atoms with Gasteiger partial charge in [0.15, 0.2) is 0 Å². The minimum Gasteiger partial charge on any atom is -0.475 e. The zero-order valence-electron chi connectivity index (χ0n) is 28.1. The highest BCUT2D eigenvalue weighted by molar-refractivity contribution is 7.66. The van der Waals surface area contributed by atoms with Crippen molar-refractivity contribution in [1.29, 1.82) is 0 Å². The summed E-state index contributed by atoms with van der Waals surface area (Å²) < 4.78 is 16.0. The van der Waals surface area contributed by atoms with Gasteiger partial charge in [-0.3, -0.25) is 9.59 Å². The number of hydrogen-bond acceptors (Lipinski definition) is 6. The zero-order valence-corrected chi connectivity index (χ0v) is 29.0. The molecule has 1 aromatic heterocycles. The van der Waals surface area contributed by atoms with E-state index in [1.165, 1.54) is 0 Å². The van der Waals surface area contributed by atoms with E-state index in [0.29, 0.717) is 47.6 Å². The quantitative estimate of drug-likeness (QED) is 0.181. The number of benzene rings is 4.